The number of hydrogen-bond donors (Lipinski definition) is 0. The van der Waals surface area contributed by atoms with Gasteiger partial charge in [-0.3, -0.25) is 0 Å². The predicted molar refractivity (Wildman–Crippen MR) is 449 cm³/mol. The van der Waals surface area contributed by atoms with Gasteiger partial charge in [-0.05, 0) is 198 Å². The fourth-order valence-corrected chi connectivity index (χ4v) is 22.9. The van der Waals surface area contributed by atoms with Crippen LogP contribution >= 0.6 is 0 Å². The Morgan fingerprint density at radius 2 is 0.606 bits per heavy atom. The van der Waals surface area contributed by atoms with E-state index in [0.717, 1.165) is 39.5 Å². The van der Waals surface area contributed by atoms with Crippen molar-refractivity contribution in [1.29, 1.82) is 0 Å². The molecule has 6 aliphatic carbocycles. The van der Waals surface area contributed by atoms with Crippen molar-refractivity contribution in [2.75, 3.05) is 9.80 Å². The lowest BCUT2D eigenvalue weighted by Gasteiger charge is -2.48. The average Bonchev–Trinajstić information content (AvgIpc) is 1.62. The van der Waals surface area contributed by atoms with Crippen LogP contribution < -0.4 is 26.2 Å². The first-order valence-corrected chi connectivity index (χ1v) is 38.4. The molecule has 3 nitrogen and oxygen atoms in total. The van der Waals surface area contributed by atoms with Gasteiger partial charge in [-0.15, -0.1) is 0 Å². The third kappa shape index (κ3) is 6.88. The van der Waals surface area contributed by atoms with Crippen LogP contribution in [0.15, 0.2) is 376 Å². The minimum Gasteiger partial charge on any atom is -0.311 e. The van der Waals surface area contributed by atoms with Crippen molar-refractivity contribution in [3.63, 3.8) is 0 Å². The van der Waals surface area contributed by atoms with Gasteiger partial charge in [-0.25, -0.2) is 0 Å². The van der Waals surface area contributed by atoms with Crippen LogP contribution in [0.4, 0.5) is 34.1 Å². The van der Waals surface area contributed by atoms with E-state index in [4.69, 9.17) is 0 Å². The summed E-state index contributed by atoms with van der Waals surface area (Å²) in [7, 11) is 0. The van der Waals surface area contributed by atoms with Gasteiger partial charge in [0, 0.05) is 50.3 Å². The predicted octanol–water partition coefficient (Wildman–Crippen LogP) is 23.6. The molecule has 18 aromatic rings. The maximum absolute atomic E-state index is 2.81. The van der Waals surface area contributed by atoms with Crippen LogP contribution in [0, 0.1) is 0 Å². The van der Waals surface area contributed by atoms with E-state index in [1.165, 1.54) is 183 Å². The van der Waals surface area contributed by atoms with Crippen molar-refractivity contribution in [2.24, 2.45) is 0 Å². The van der Waals surface area contributed by atoms with E-state index < -0.39 is 16.2 Å². The molecular formula is C105H62BN3. The Labute approximate surface area is 631 Å². The summed E-state index contributed by atoms with van der Waals surface area (Å²) >= 11 is 0. The van der Waals surface area contributed by atoms with Gasteiger partial charge in [0.15, 0.2) is 0 Å². The first kappa shape index (κ1) is 58.5. The van der Waals surface area contributed by atoms with Gasteiger partial charge in [0.1, 0.15) is 0 Å². The maximum atomic E-state index is 2.81. The molecule has 0 fully saturated rings. The summed E-state index contributed by atoms with van der Waals surface area (Å²) in [6.45, 7) is -0.340. The van der Waals surface area contributed by atoms with E-state index in [1.807, 2.05) is 0 Å². The Morgan fingerprint density at radius 1 is 0.220 bits per heavy atom. The van der Waals surface area contributed by atoms with Crippen molar-refractivity contribution in [3.05, 3.63) is 443 Å². The van der Waals surface area contributed by atoms with Crippen molar-refractivity contribution in [1.82, 2.24) is 4.57 Å². The number of fused-ring (bicyclic) bond motifs is 39. The number of anilines is 6. The van der Waals surface area contributed by atoms with Crippen LogP contribution in [-0.4, -0.2) is 11.3 Å². The first-order chi connectivity index (χ1) is 54.1. The lowest BCUT2D eigenvalue weighted by atomic mass is 9.31. The van der Waals surface area contributed by atoms with Crippen LogP contribution in [0.1, 0.15) is 66.8 Å². The molecule has 3 heterocycles. The largest absolute Gasteiger partial charge is 0.311 e. The summed E-state index contributed by atoms with van der Waals surface area (Å²) in [6, 6.07) is 146. The molecule has 0 atom stereocenters. The maximum Gasteiger partial charge on any atom is 0.252 e. The zero-order valence-corrected chi connectivity index (χ0v) is 59.2. The molecule has 4 heteroatoms. The molecule has 0 unspecified atom stereocenters. The summed E-state index contributed by atoms with van der Waals surface area (Å²) in [5.74, 6) is 0. The van der Waals surface area contributed by atoms with Crippen LogP contribution in [0.5, 0.6) is 0 Å². The summed E-state index contributed by atoms with van der Waals surface area (Å²) in [6.07, 6.45) is 0. The minimum atomic E-state index is -0.731. The van der Waals surface area contributed by atoms with E-state index in [0.29, 0.717) is 0 Å². The second kappa shape index (κ2) is 20.8. The second-order valence-electron chi connectivity index (χ2n) is 31.0. The van der Waals surface area contributed by atoms with E-state index >= 15 is 0 Å². The third-order valence-electron chi connectivity index (χ3n) is 26.6. The van der Waals surface area contributed by atoms with Gasteiger partial charge in [0.2, 0.25) is 0 Å². The molecule has 3 spiro atoms. The Bertz CT molecular complexity index is 6930. The molecule has 500 valence electrons. The summed E-state index contributed by atoms with van der Waals surface area (Å²) < 4.78 is 2.58. The van der Waals surface area contributed by atoms with Gasteiger partial charge >= 0.3 is 0 Å². The molecule has 0 saturated carbocycles. The van der Waals surface area contributed by atoms with Crippen molar-refractivity contribution in [3.8, 4) is 83.6 Å². The molecule has 0 bridgehead atoms. The monoisotopic (exact) mass is 1380 g/mol. The summed E-state index contributed by atoms with van der Waals surface area (Å²) in [4.78, 5) is 5.57. The van der Waals surface area contributed by atoms with Gasteiger partial charge in [0.05, 0.1) is 38.7 Å². The van der Waals surface area contributed by atoms with Crippen LogP contribution in [0.25, 0.3) is 105 Å². The number of benzene rings is 17. The molecule has 8 aliphatic rings. The highest BCUT2D eigenvalue weighted by atomic mass is 15.2. The lowest BCUT2D eigenvalue weighted by Crippen LogP contribution is -2.63. The normalized spacial score (nSPS) is 15.0. The van der Waals surface area contributed by atoms with Gasteiger partial charge in [-0.2, -0.15) is 0 Å². The topological polar surface area (TPSA) is 11.4 Å². The van der Waals surface area contributed by atoms with Crippen molar-refractivity contribution in [2.45, 2.75) is 16.2 Å². The molecule has 2 aliphatic heterocycles. The standard InChI is InChI=1S/C105H62BN3/c1-2-27-63(28-3-1)64-53-55-65(56-54-64)108-95-61-66(107-91-50-24-13-37-75(91)76-38-14-25-51-92(76)107)62-96-100(95)106(90-59-58-89-97(102(90)108)79-39-12-23-49-88(79)103(89)80-41-15-4-29-67(80)68-30-5-16-42-81(68)103)101-94(60-57-78-74-36-11-22-48-87(74)105(99(78)101)84-45-19-8-33-71(84)72-34-9-20-46-85(72)105)109(96)93-52-26-40-77-73-35-10-21-47-86(73)104(98(77)93)82-43-17-6-31-69(82)70-32-7-18-44-83(70)104/h1-62H. The van der Waals surface area contributed by atoms with Gasteiger partial charge < -0.3 is 14.4 Å². The number of para-hydroxylation sites is 2. The average molecular weight is 1380 g/mol. The summed E-state index contributed by atoms with van der Waals surface area (Å²) in [5, 5.41) is 2.44. The van der Waals surface area contributed by atoms with Crippen LogP contribution in [-0.2, 0) is 16.2 Å². The highest BCUT2D eigenvalue weighted by Crippen LogP contribution is 2.70. The second-order valence-corrected chi connectivity index (χ2v) is 31.0. The molecule has 17 aromatic carbocycles. The number of hydrogen-bond acceptors (Lipinski definition) is 2. The van der Waals surface area contributed by atoms with E-state index in [-0.39, 0.29) is 6.71 Å². The van der Waals surface area contributed by atoms with Crippen molar-refractivity contribution < 1.29 is 0 Å². The number of nitrogens with zero attached hydrogens (tertiary/aromatic N) is 3. The third-order valence-corrected chi connectivity index (χ3v) is 26.6. The molecule has 26 rings (SSSR count). The Balaban J connectivity index is 0.877. The smallest absolute Gasteiger partial charge is 0.252 e. The molecular weight excluding hydrogens is 1310 g/mol. The van der Waals surface area contributed by atoms with E-state index in [1.54, 1.807) is 0 Å². The summed E-state index contributed by atoms with van der Waals surface area (Å²) in [5.41, 5.74) is 45.6. The quantitative estimate of drug-likeness (QED) is 0.163. The van der Waals surface area contributed by atoms with Gasteiger partial charge in [0.25, 0.3) is 6.71 Å². The molecule has 0 radical (unpaired) electrons. The fraction of sp³-hybridized carbons (Fsp3) is 0.0286. The Morgan fingerprint density at radius 3 is 1.11 bits per heavy atom. The van der Waals surface area contributed by atoms with Crippen molar-refractivity contribution >= 4 is 79.0 Å². The Hall–Kier alpha value is -13.8. The highest BCUT2D eigenvalue weighted by molar-refractivity contribution is 7.01. The molecule has 0 N–H and O–H groups in total. The number of rotatable bonds is 4. The molecule has 1 aromatic heterocycles. The SMILES string of the molecule is c1ccc(-c2ccc(N3c4cc(-n5c6ccccc6c6ccccc65)cc5c4B(c4ccc6c(c43)-c3ccccc3C63c4ccccc4-c4ccccc43)c3c(ccc4c3C3(c6ccccc6-c6ccccc63)c3ccccc3-4)N5c3cccc4c3C3(c5ccccc5-c5ccccc53)c3ccccc3-4)cc2)cc1. The molecule has 109 heavy (non-hydrogen) atoms. The zero-order valence-electron chi connectivity index (χ0n) is 59.2. The lowest BCUT2D eigenvalue weighted by molar-refractivity contribution is 0.792. The highest BCUT2D eigenvalue weighted by Gasteiger charge is 2.60. The minimum absolute atomic E-state index is 0.340. The zero-order chi connectivity index (χ0) is 70.7. The van der Waals surface area contributed by atoms with E-state index in [2.05, 4.69) is 390 Å². The van der Waals surface area contributed by atoms with Crippen LogP contribution in [0.2, 0.25) is 0 Å². The van der Waals surface area contributed by atoms with Crippen LogP contribution in [0.3, 0.4) is 0 Å². The molecule has 0 amide bonds. The fourth-order valence-electron chi connectivity index (χ4n) is 22.9. The Kier molecular flexibility index (Phi) is 11.2. The first-order valence-electron chi connectivity index (χ1n) is 38.4. The van der Waals surface area contributed by atoms with E-state index in [9.17, 15) is 0 Å². The number of aromatic nitrogens is 1. The van der Waals surface area contributed by atoms with Gasteiger partial charge in [-0.1, -0.05) is 328 Å². The molecule has 0 saturated heterocycles.